The molecule has 0 radical (unpaired) electrons. The normalized spacial score (nSPS) is 13.9. The van der Waals surface area contributed by atoms with E-state index in [1.807, 2.05) is 6.07 Å². The maximum Gasteiger partial charge on any atom is 0.252 e. The maximum atomic E-state index is 12.4. The van der Waals surface area contributed by atoms with Gasteiger partial charge in [0, 0.05) is 13.6 Å². The average molecular weight is 346 g/mol. The minimum atomic E-state index is -3.54. The van der Waals surface area contributed by atoms with E-state index < -0.39 is 10.0 Å². The fourth-order valence-electron chi connectivity index (χ4n) is 1.97. The Bertz CT molecular complexity index is 772. The smallest absolute Gasteiger partial charge is 0.252 e. The second kappa shape index (κ2) is 5.49. The largest absolute Gasteiger partial charge is 0.454 e. The van der Waals surface area contributed by atoms with Crippen LogP contribution in [0.1, 0.15) is 5.56 Å². The van der Waals surface area contributed by atoms with E-state index in [9.17, 15) is 8.42 Å². The Kier molecular flexibility index (Phi) is 3.83. The Hall–Kier alpha value is -1.28. The van der Waals surface area contributed by atoms with Gasteiger partial charge in [0.15, 0.2) is 11.5 Å². The maximum absolute atomic E-state index is 12.4. The molecule has 0 fully saturated rings. The van der Waals surface area contributed by atoms with Crippen LogP contribution in [0.25, 0.3) is 0 Å². The van der Waals surface area contributed by atoms with Crippen molar-refractivity contribution in [2.75, 3.05) is 13.8 Å². The standard InChI is InChI=1S/C13H12ClNO4S2/c1-15(21(16,17)13-5-4-12(14)20-13)7-9-2-3-10-11(6-9)19-8-18-10/h2-6H,7-8H2,1H3. The van der Waals surface area contributed by atoms with E-state index in [0.29, 0.717) is 15.8 Å². The Morgan fingerprint density at radius 1 is 1.24 bits per heavy atom. The van der Waals surface area contributed by atoms with Crippen molar-refractivity contribution in [3.05, 3.63) is 40.2 Å². The second-order valence-electron chi connectivity index (χ2n) is 4.51. The van der Waals surface area contributed by atoms with Crippen LogP contribution in [-0.4, -0.2) is 26.6 Å². The van der Waals surface area contributed by atoms with Crippen molar-refractivity contribution in [3.63, 3.8) is 0 Å². The van der Waals surface area contributed by atoms with Gasteiger partial charge in [-0.05, 0) is 29.8 Å². The van der Waals surface area contributed by atoms with Crippen molar-refractivity contribution in [3.8, 4) is 11.5 Å². The quantitative estimate of drug-likeness (QED) is 0.855. The zero-order valence-electron chi connectivity index (χ0n) is 11.1. The summed E-state index contributed by atoms with van der Waals surface area (Å²) in [6.45, 7) is 0.440. The molecule has 0 atom stereocenters. The Morgan fingerprint density at radius 2 is 2.00 bits per heavy atom. The SMILES string of the molecule is CN(Cc1ccc2c(c1)OCO2)S(=O)(=O)c1ccc(Cl)s1. The van der Waals surface area contributed by atoms with E-state index in [1.165, 1.54) is 17.4 Å². The lowest BCUT2D eigenvalue weighted by atomic mass is 10.2. The van der Waals surface area contributed by atoms with Gasteiger partial charge in [-0.1, -0.05) is 17.7 Å². The van der Waals surface area contributed by atoms with Crippen molar-refractivity contribution < 1.29 is 17.9 Å². The minimum Gasteiger partial charge on any atom is -0.454 e. The molecule has 2 heterocycles. The zero-order valence-corrected chi connectivity index (χ0v) is 13.5. The molecule has 5 nitrogen and oxygen atoms in total. The topological polar surface area (TPSA) is 55.8 Å². The molecule has 8 heteroatoms. The lowest BCUT2D eigenvalue weighted by molar-refractivity contribution is 0.174. The highest BCUT2D eigenvalue weighted by atomic mass is 35.5. The number of sulfonamides is 1. The van der Waals surface area contributed by atoms with Gasteiger partial charge in [0.1, 0.15) is 4.21 Å². The first-order valence-electron chi connectivity index (χ1n) is 6.07. The lowest BCUT2D eigenvalue weighted by Gasteiger charge is -2.16. The molecule has 1 aliphatic rings. The molecule has 0 aliphatic carbocycles. The molecular weight excluding hydrogens is 334 g/mol. The van der Waals surface area contributed by atoms with Crippen LogP contribution in [0.2, 0.25) is 4.34 Å². The van der Waals surface area contributed by atoms with Crippen LogP contribution in [0, 0.1) is 0 Å². The number of halogens is 1. The molecule has 0 spiro atoms. The van der Waals surface area contributed by atoms with Crippen molar-refractivity contribution in [1.82, 2.24) is 4.31 Å². The van der Waals surface area contributed by atoms with Gasteiger partial charge in [0.25, 0.3) is 10.0 Å². The van der Waals surface area contributed by atoms with Gasteiger partial charge in [0.2, 0.25) is 6.79 Å². The molecule has 0 unspecified atom stereocenters. The summed E-state index contributed by atoms with van der Waals surface area (Å²) in [7, 11) is -2.00. The number of fused-ring (bicyclic) bond motifs is 1. The highest BCUT2D eigenvalue weighted by Crippen LogP contribution is 2.33. The van der Waals surface area contributed by atoms with Crippen LogP contribution in [0.3, 0.4) is 0 Å². The van der Waals surface area contributed by atoms with Crippen molar-refractivity contribution in [1.29, 1.82) is 0 Å². The molecule has 0 bridgehead atoms. The summed E-state index contributed by atoms with van der Waals surface area (Å²) >= 11 is 6.85. The Morgan fingerprint density at radius 3 is 2.71 bits per heavy atom. The first-order chi connectivity index (χ1) is 9.96. The summed E-state index contributed by atoms with van der Waals surface area (Å²) in [6.07, 6.45) is 0. The molecule has 3 rings (SSSR count). The van der Waals surface area contributed by atoms with E-state index in [-0.39, 0.29) is 17.5 Å². The molecular formula is C13H12ClNO4S2. The number of hydrogen-bond acceptors (Lipinski definition) is 5. The summed E-state index contributed by atoms with van der Waals surface area (Å²) in [6, 6.07) is 8.48. The number of ether oxygens (including phenoxy) is 2. The summed E-state index contributed by atoms with van der Waals surface area (Å²) in [5.41, 5.74) is 0.827. The van der Waals surface area contributed by atoms with Crippen LogP contribution in [0.15, 0.2) is 34.5 Å². The fourth-order valence-corrected chi connectivity index (χ4v) is 4.82. The Balaban J connectivity index is 1.81. The van der Waals surface area contributed by atoms with Crippen molar-refractivity contribution >= 4 is 33.0 Å². The summed E-state index contributed by atoms with van der Waals surface area (Å²) < 4.78 is 37.3. The monoisotopic (exact) mass is 345 g/mol. The number of thiophene rings is 1. The molecule has 21 heavy (non-hydrogen) atoms. The van der Waals surface area contributed by atoms with Crippen molar-refractivity contribution in [2.45, 2.75) is 10.8 Å². The zero-order chi connectivity index (χ0) is 15.0. The van der Waals surface area contributed by atoms with Crippen LogP contribution in [0.5, 0.6) is 11.5 Å². The second-order valence-corrected chi connectivity index (χ2v) is 8.49. The van der Waals surface area contributed by atoms with E-state index in [2.05, 4.69) is 0 Å². The average Bonchev–Trinajstić information content (AvgIpc) is 3.06. The third-order valence-electron chi connectivity index (χ3n) is 3.06. The Labute approximate surface area is 131 Å². The minimum absolute atomic E-state index is 0.195. The van der Waals surface area contributed by atoms with Gasteiger partial charge in [-0.3, -0.25) is 0 Å². The molecule has 0 saturated carbocycles. The third-order valence-corrected chi connectivity index (χ3v) is 6.56. The lowest BCUT2D eigenvalue weighted by Crippen LogP contribution is -2.25. The number of benzene rings is 1. The summed E-state index contributed by atoms with van der Waals surface area (Å²) in [5.74, 6) is 1.31. The highest BCUT2D eigenvalue weighted by Gasteiger charge is 2.23. The summed E-state index contributed by atoms with van der Waals surface area (Å²) in [5, 5.41) is 0. The highest BCUT2D eigenvalue weighted by molar-refractivity contribution is 7.91. The van der Waals surface area contributed by atoms with Gasteiger partial charge in [-0.25, -0.2) is 8.42 Å². The van der Waals surface area contributed by atoms with E-state index in [4.69, 9.17) is 21.1 Å². The molecule has 0 N–H and O–H groups in total. The predicted molar refractivity (Wildman–Crippen MR) is 80.5 cm³/mol. The van der Waals surface area contributed by atoms with Gasteiger partial charge in [0.05, 0.1) is 4.34 Å². The molecule has 1 aromatic carbocycles. The van der Waals surface area contributed by atoms with Gasteiger partial charge in [-0.15, -0.1) is 11.3 Å². The first-order valence-corrected chi connectivity index (χ1v) is 8.70. The predicted octanol–water partition coefficient (Wildman–Crippen LogP) is 2.95. The van der Waals surface area contributed by atoms with Crippen LogP contribution in [-0.2, 0) is 16.6 Å². The van der Waals surface area contributed by atoms with Gasteiger partial charge < -0.3 is 9.47 Å². The van der Waals surface area contributed by atoms with Crippen LogP contribution < -0.4 is 9.47 Å². The molecule has 1 aromatic heterocycles. The van der Waals surface area contributed by atoms with Crippen LogP contribution in [0.4, 0.5) is 0 Å². The fraction of sp³-hybridized carbons (Fsp3) is 0.231. The molecule has 112 valence electrons. The van der Waals surface area contributed by atoms with E-state index in [1.54, 1.807) is 18.2 Å². The first kappa shape index (κ1) is 14.6. The number of rotatable bonds is 4. The number of nitrogens with zero attached hydrogens (tertiary/aromatic N) is 1. The van der Waals surface area contributed by atoms with Gasteiger partial charge >= 0.3 is 0 Å². The summed E-state index contributed by atoms with van der Waals surface area (Å²) in [4.78, 5) is 0. The number of hydrogen-bond donors (Lipinski definition) is 0. The van der Waals surface area contributed by atoms with Crippen molar-refractivity contribution in [2.24, 2.45) is 0 Å². The van der Waals surface area contributed by atoms with Crippen LogP contribution >= 0.6 is 22.9 Å². The van der Waals surface area contributed by atoms with Gasteiger partial charge in [-0.2, -0.15) is 4.31 Å². The molecule has 1 aliphatic heterocycles. The van der Waals surface area contributed by atoms with E-state index in [0.717, 1.165) is 16.9 Å². The molecule has 0 saturated heterocycles. The molecule has 2 aromatic rings. The molecule has 0 amide bonds. The third kappa shape index (κ3) is 2.87. The van der Waals surface area contributed by atoms with E-state index >= 15 is 0 Å².